The van der Waals surface area contributed by atoms with Crippen molar-refractivity contribution in [3.8, 4) is 33.6 Å². The van der Waals surface area contributed by atoms with Crippen LogP contribution in [0.2, 0.25) is 0 Å². The van der Waals surface area contributed by atoms with Crippen molar-refractivity contribution in [3.05, 3.63) is 174 Å². The Bertz CT molecular complexity index is 2740. The van der Waals surface area contributed by atoms with Gasteiger partial charge in [0.05, 0.1) is 11.3 Å². The second-order valence-electron chi connectivity index (χ2n) is 13.5. The Kier molecular flexibility index (Phi) is 8.38. The van der Waals surface area contributed by atoms with Crippen molar-refractivity contribution in [3.63, 3.8) is 0 Å². The summed E-state index contributed by atoms with van der Waals surface area (Å²) >= 11 is 0. The number of nitrogens with zero attached hydrogens (tertiary/aromatic N) is 3. The van der Waals surface area contributed by atoms with Crippen LogP contribution >= 0.6 is 0 Å². The molecule has 0 aliphatic carbocycles. The van der Waals surface area contributed by atoms with E-state index < -0.39 is 31.4 Å². The number of hydrogen-bond acceptors (Lipinski definition) is 4. The first-order chi connectivity index (χ1) is 28.7. The molecule has 0 N–H and O–H groups in total. The fourth-order valence-electron chi connectivity index (χ4n) is 6.02. The van der Waals surface area contributed by atoms with E-state index in [2.05, 4.69) is 39.2 Å². The second kappa shape index (κ2) is 16.2. The Morgan fingerprint density at radius 2 is 1.49 bits per heavy atom. The Morgan fingerprint density at radius 1 is 0.755 bits per heavy atom. The molecule has 0 amide bonds. The molecule has 0 bridgehead atoms. The molecule has 8 rings (SSSR count). The third-order valence-electron chi connectivity index (χ3n) is 8.52. The van der Waals surface area contributed by atoms with Crippen LogP contribution in [0.4, 0.5) is 0 Å². The van der Waals surface area contributed by atoms with Crippen LogP contribution in [0.15, 0.2) is 138 Å². The zero-order valence-corrected chi connectivity index (χ0v) is 32.2. The predicted octanol–water partition coefficient (Wildman–Crippen LogP) is 12.4. The molecule has 4 aromatic heterocycles. The summed E-state index contributed by atoms with van der Waals surface area (Å²) in [5.41, 5.74) is 7.42. The molecule has 0 saturated heterocycles. The fourth-order valence-corrected chi connectivity index (χ4v) is 6.02. The predicted molar refractivity (Wildman–Crippen MR) is 214 cm³/mol. The molecule has 0 saturated carbocycles. The van der Waals surface area contributed by atoms with Crippen LogP contribution in [0.25, 0.3) is 55.6 Å². The maximum atomic E-state index is 9.43. The molecule has 53 heavy (non-hydrogen) atoms. The molecule has 1 unspecified atom stereocenters. The molecule has 1 atom stereocenters. The Morgan fingerprint density at radius 3 is 2.19 bits per heavy atom. The number of aryl methyl sites for hydroxylation is 2. The molecule has 4 nitrogen and oxygen atoms in total. The van der Waals surface area contributed by atoms with E-state index in [4.69, 9.17) is 15.4 Å². The van der Waals surface area contributed by atoms with Crippen LogP contribution in [0, 0.1) is 31.3 Å². The van der Waals surface area contributed by atoms with Gasteiger partial charge in [-0.25, -0.2) is 0 Å². The van der Waals surface area contributed by atoms with Gasteiger partial charge in [0.15, 0.2) is 0 Å². The van der Waals surface area contributed by atoms with E-state index in [0.717, 1.165) is 27.5 Å². The van der Waals surface area contributed by atoms with Crippen LogP contribution in [0.1, 0.15) is 73.9 Å². The second-order valence-corrected chi connectivity index (χ2v) is 13.5. The summed E-state index contributed by atoms with van der Waals surface area (Å²) in [6, 6.07) is 41.1. The van der Waals surface area contributed by atoms with E-state index in [1.807, 2.05) is 88.4 Å². The van der Waals surface area contributed by atoms with Crippen LogP contribution in [-0.4, -0.2) is 15.0 Å². The summed E-state index contributed by atoms with van der Waals surface area (Å²) in [6.45, 7) is 3.17. The zero-order chi connectivity index (χ0) is 44.0. The Hall–Kier alpha value is -5.22. The first-order valence-electron chi connectivity index (χ1n) is 21.5. The summed E-state index contributed by atoms with van der Waals surface area (Å²) in [7, 11) is 0. The van der Waals surface area contributed by atoms with E-state index in [9.17, 15) is 1.37 Å². The van der Waals surface area contributed by atoms with Crippen molar-refractivity contribution in [2.75, 3.05) is 0 Å². The van der Waals surface area contributed by atoms with Gasteiger partial charge in [-0.3, -0.25) is 4.98 Å². The van der Waals surface area contributed by atoms with Crippen LogP contribution in [-0.2, 0) is 26.5 Å². The van der Waals surface area contributed by atoms with Gasteiger partial charge >= 0.3 is 0 Å². The topological polar surface area (TPSA) is 51.8 Å². The number of fused-ring (bicyclic) bond motifs is 3. The van der Waals surface area contributed by atoms with Crippen LogP contribution < -0.4 is 0 Å². The average molecular weight is 879 g/mol. The van der Waals surface area contributed by atoms with Crippen molar-refractivity contribution in [2.45, 2.75) is 53.7 Å². The molecule has 0 aliphatic rings. The maximum Gasteiger partial charge on any atom is 0.143 e. The van der Waals surface area contributed by atoms with E-state index in [0.29, 0.717) is 44.9 Å². The summed E-state index contributed by atoms with van der Waals surface area (Å²) in [6.07, 6.45) is 3.10. The number of benzene rings is 4. The van der Waals surface area contributed by atoms with Crippen molar-refractivity contribution < 1.29 is 36.9 Å². The number of pyridine rings is 3. The molecule has 0 spiro atoms. The minimum absolute atomic E-state index is 0. The molecule has 5 heteroatoms. The quantitative estimate of drug-likeness (QED) is 0.156. The Balaban J connectivity index is 0.000000258. The molecule has 4 heterocycles. The summed E-state index contributed by atoms with van der Waals surface area (Å²) in [5, 5.41) is 1.74. The monoisotopic (exact) mass is 879 g/mol. The summed E-state index contributed by atoms with van der Waals surface area (Å²) in [4.78, 5) is 13.3. The summed E-state index contributed by atoms with van der Waals surface area (Å²) in [5.74, 6) is -1.17. The van der Waals surface area contributed by atoms with E-state index in [-0.39, 0.29) is 31.2 Å². The number of hydrogen-bond donors (Lipinski definition) is 0. The Labute approximate surface area is 339 Å². The van der Waals surface area contributed by atoms with E-state index in [1.165, 1.54) is 24.4 Å². The van der Waals surface area contributed by atoms with Gasteiger partial charge in [0.2, 0.25) is 0 Å². The van der Waals surface area contributed by atoms with Crippen molar-refractivity contribution in [1.82, 2.24) is 15.0 Å². The molecule has 0 fully saturated rings. The smallest absolute Gasteiger partial charge is 0.143 e. The summed E-state index contributed by atoms with van der Waals surface area (Å²) < 4.78 is 77.1. The van der Waals surface area contributed by atoms with E-state index >= 15 is 0 Å². The minimum Gasteiger partial charge on any atom is -0.499 e. The number of furan rings is 1. The molecule has 8 aromatic rings. The zero-order valence-electron chi connectivity index (χ0n) is 38.8. The van der Waals surface area contributed by atoms with Crippen molar-refractivity contribution in [2.24, 2.45) is 5.41 Å². The van der Waals surface area contributed by atoms with Crippen molar-refractivity contribution >= 4 is 21.9 Å². The first kappa shape index (κ1) is 27.4. The van der Waals surface area contributed by atoms with Gasteiger partial charge in [0.1, 0.15) is 5.58 Å². The molecular formula is C48H43IrN3O-2. The van der Waals surface area contributed by atoms with Crippen LogP contribution in [0.5, 0.6) is 0 Å². The standard InChI is InChI=1S/C35H31N2O.C13H12N.Ir/c1-23(25-13-15-27(16-14-25)26-9-6-5-7-10-26)32-34-29(18-20-37-32)28-11-8-12-30(33(28)38-34)31-21-24(17-19-36-31)22-35(2,3)4;1-10-3-6-12(7-4-10)13-8-5-11(2)9-14-13;/h5-11,13-21,23H,22H2,1-4H3;3-6,8-9H,1-2H3;/q2*-1;/i22D2,23D;1D3,2D3;. The first-order valence-corrected chi connectivity index (χ1v) is 17.0. The van der Waals surface area contributed by atoms with Gasteiger partial charge in [0.25, 0.3) is 0 Å². The number of aromatic nitrogens is 3. The normalized spacial score (nSPS) is 15.7. The molecule has 1 radical (unpaired) electrons. The molecular weight excluding hydrogens is 827 g/mol. The van der Waals surface area contributed by atoms with Crippen molar-refractivity contribution in [1.29, 1.82) is 0 Å². The number of rotatable bonds is 6. The molecule has 4 aromatic carbocycles. The third kappa shape index (κ3) is 8.71. The van der Waals surface area contributed by atoms with Gasteiger partial charge < -0.3 is 14.4 Å². The minimum atomic E-state index is -2.18. The largest absolute Gasteiger partial charge is 0.499 e. The van der Waals surface area contributed by atoms with Gasteiger partial charge in [-0.15, -0.1) is 53.6 Å². The van der Waals surface area contributed by atoms with Crippen LogP contribution in [0.3, 0.4) is 0 Å². The SMILES string of the molecule is [2H]C(C)(c1ccc(-c2ccccc2)cc1)c1nccc2c1oc1c(-c3cc(C([2H])([2H])C(C)(C)C)ccn3)[c-]ccc12.[2H]C([2H])([2H])c1c[c-]c(-c2ccc(C([2H])([2H])[2H])cn2)cc1.[Ir]. The molecule has 267 valence electrons. The van der Waals surface area contributed by atoms with E-state index in [1.54, 1.807) is 36.7 Å². The maximum absolute atomic E-state index is 9.43. The van der Waals surface area contributed by atoms with Gasteiger partial charge in [-0.1, -0.05) is 124 Å². The average Bonchev–Trinajstić information content (AvgIpc) is 3.63. The van der Waals surface area contributed by atoms with Gasteiger partial charge in [-0.2, -0.15) is 0 Å². The fraction of sp³-hybridized carbons (Fsp3) is 0.188. The van der Waals surface area contributed by atoms with Gasteiger partial charge in [-0.05, 0) is 64.4 Å². The van der Waals surface area contributed by atoms with Gasteiger partial charge in [0, 0.05) is 62.3 Å². The third-order valence-corrected chi connectivity index (χ3v) is 8.52. The molecule has 0 aliphatic heterocycles.